The number of aryl methyl sites for hydroxylation is 3. The lowest BCUT2D eigenvalue weighted by molar-refractivity contribution is 0.0993. The molecule has 1 heterocycles. The van der Waals surface area contributed by atoms with Crippen molar-refractivity contribution in [1.29, 1.82) is 0 Å². The normalized spacial score (nSPS) is 10.5. The van der Waals surface area contributed by atoms with Gasteiger partial charge in [-0.05, 0) is 44.5 Å². The Balaban J connectivity index is 2.18. The van der Waals surface area contributed by atoms with E-state index in [0.29, 0.717) is 12.0 Å². The van der Waals surface area contributed by atoms with Gasteiger partial charge in [0.25, 0.3) is 0 Å². The van der Waals surface area contributed by atoms with Crippen LogP contribution in [0.2, 0.25) is 0 Å². The maximum Gasteiger partial charge on any atom is 0.169 e. The lowest BCUT2D eigenvalue weighted by atomic mass is 10.1. The molecule has 2 aromatic rings. The monoisotopic (exact) mass is 275 g/mol. The van der Waals surface area contributed by atoms with E-state index in [-0.39, 0.29) is 5.78 Å². The Morgan fingerprint density at radius 3 is 2.58 bits per heavy atom. The van der Waals surface area contributed by atoms with E-state index in [0.717, 1.165) is 22.0 Å². The minimum Gasteiger partial charge on any atom is -0.496 e. The van der Waals surface area contributed by atoms with Crippen LogP contribution in [0.1, 0.15) is 31.5 Å². The molecular formula is C15H17NO2S. The van der Waals surface area contributed by atoms with E-state index in [1.165, 1.54) is 4.88 Å². The summed E-state index contributed by atoms with van der Waals surface area (Å²) in [5, 5.41) is 0.883. The number of ether oxygens (including phenoxy) is 1. The zero-order valence-electron chi connectivity index (χ0n) is 11.6. The predicted octanol–water partition coefficient (Wildman–Crippen LogP) is 3.50. The van der Waals surface area contributed by atoms with Gasteiger partial charge in [0.05, 0.1) is 19.2 Å². The molecule has 1 aromatic heterocycles. The zero-order chi connectivity index (χ0) is 14.0. The summed E-state index contributed by atoms with van der Waals surface area (Å²) in [6.45, 7) is 5.93. The van der Waals surface area contributed by atoms with Gasteiger partial charge in [-0.25, -0.2) is 4.98 Å². The van der Waals surface area contributed by atoms with Crippen LogP contribution in [-0.4, -0.2) is 17.9 Å². The van der Waals surface area contributed by atoms with Gasteiger partial charge in [0, 0.05) is 10.4 Å². The summed E-state index contributed by atoms with van der Waals surface area (Å²) in [5.41, 5.74) is 2.70. The van der Waals surface area contributed by atoms with Crippen molar-refractivity contribution >= 4 is 17.1 Å². The number of carbonyl (C=O) groups excluding carboxylic acids is 1. The molecule has 4 heteroatoms. The molecule has 100 valence electrons. The fourth-order valence-corrected chi connectivity index (χ4v) is 2.84. The molecule has 0 saturated heterocycles. The topological polar surface area (TPSA) is 39.2 Å². The molecule has 0 amide bonds. The number of rotatable bonds is 4. The molecule has 0 saturated carbocycles. The van der Waals surface area contributed by atoms with Crippen LogP contribution in [0.3, 0.4) is 0 Å². The van der Waals surface area contributed by atoms with Crippen LogP contribution in [0, 0.1) is 20.8 Å². The van der Waals surface area contributed by atoms with E-state index >= 15 is 0 Å². The molecule has 3 nitrogen and oxygen atoms in total. The molecule has 19 heavy (non-hydrogen) atoms. The van der Waals surface area contributed by atoms with Gasteiger partial charge in [-0.15, -0.1) is 11.3 Å². The zero-order valence-corrected chi connectivity index (χ0v) is 12.4. The molecule has 0 bridgehead atoms. The predicted molar refractivity (Wildman–Crippen MR) is 77.4 cm³/mol. The van der Waals surface area contributed by atoms with Gasteiger partial charge < -0.3 is 4.74 Å². The van der Waals surface area contributed by atoms with Crippen molar-refractivity contribution in [3.8, 4) is 5.75 Å². The molecule has 0 aliphatic carbocycles. The number of methoxy groups -OCH3 is 1. The Kier molecular flexibility index (Phi) is 4.00. The van der Waals surface area contributed by atoms with Gasteiger partial charge >= 0.3 is 0 Å². The number of Topliss-reactive ketones (excluding diaryl/α,β-unsaturated/α-hetero) is 1. The van der Waals surface area contributed by atoms with Crippen LogP contribution in [0.4, 0.5) is 0 Å². The molecule has 0 spiro atoms. The summed E-state index contributed by atoms with van der Waals surface area (Å²) in [5.74, 6) is 0.900. The SMILES string of the molecule is COc1ccc(C(=O)Cc2nc(C)c(C)s2)cc1C. The van der Waals surface area contributed by atoms with Gasteiger partial charge in [0.15, 0.2) is 5.78 Å². The van der Waals surface area contributed by atoms with Crippen LogP contribution in [0.15, 0.2) is 18.2 Å². The van der Waals surface area contributed by atoms with Gasteiger partial charge in [0.1, 0.15) is 10.8 Å². The van der Waals surface area contributed by atoms with Crippen LogP contribution in [-0.2, 0) is 6.42 Å². The first kappa shape index (κ1) is 13.7. The van der Waals surface area contributed by atoms with Crippen molar-refractivity contribution in [3.05, 3.63) is 44.9 Å². The fourth-order valence-electron chi connectivity index (χ4n) is 1.91. The third-order valence-corrected chi connectivity index (χ3v) is 4.17. The summed E-state index contributed by atoms with van der Waals surface area (Å²) >= 11 is 1.59. The molecule has 0 N–H and O–H groups in total. The van der Waals surface area contributed by atoms with Crippen LogP contribution < -0.4 is 4.74 Å². The van der Waals surface area contributed by atoms with Crippen molar-refractivity contribution in [2.24, 2.45) is 0 Å². The summed E-state index contributed by atoms with van der Waals surface area (Å²) in [7, 11) is 1.63. The van der Waals surface area contributed by atoms with E-state index in [4.69, 9.17) is 4.74 Å². The van der Waals surface area contributed by atoms with Gasteiger partial charge in [-0.1, -0.05) is 0 Å². The molecule has 0 fully saturated rings. The van der Waals surface area contributed by atoms with Crippen molar-refractivity contribution in [1.82, 2.24) is 4.98 Å². The number of ketones is 1. The molecule has 0 aliphatic rings. The first-order valence-corrected chi connectivity index (χ1v) is 6.93. The van der Waals surface area contributed by atoms with Crippen molar-refractivity contribution < 1.29 is 9.53 Å². The highest BCUT2D eigenvalue weighted by atomic mass is 32.1. The Morgan fingerprint density at radius 1 is 1.32 bits per heavy atom. The standard InChI is InChI=1S/C15H17NO2S/c1-9-7-12(5-6-14(9)18-4)13(17)8-15-16-10(2)11(3)19-15/h5-7H,8H2,1-4H3. The van der Waals surface area contributed by atoms with Crippen LogP contribution in [0.5, 0.6) is 5.75 Å². The molecule has 2 rings (SSSR count). The minimum absolute atomic E-state index is 0.0968. The number of carbonyl (C=O) groups is 1. The highest BCUT2D eigenvalue weighted by molar-refractivity contribution is 7.11. The quantitative estimate of drug-likeness (QED) is 0.802. The first-order chi connectivity index (χ1) is 9.01. The minimum atomic E-state index is 0.0968. The number of aromatic nitrogens is 1. The summed E-state index contributed by atoms with van der Waals surface area (Å²) in [6.07, 6.45) is 0.366. The van der Waals surface area contributed by atoms with Crippen LogP contribution in [0.25, 0.3) is 0 Å². The number of hydrogen-bond acceptors (Lipinski definition) is 4. The van der Waals surface area contributed by atoms with Crippen molar-refractivity contribution in [2.75, 3.05) is 7.11 Å². The average molecular weight is 275 g/mol. The first-order valence-electron chi connectivity index (χ1n) is 6.12. The molecule has 0 unspecified atom stereocenters. The van der Waals surface area contributed by atoms with Gasteiger partial charge in [0.2, 0.25) is 0 Å². The highest BCUT2D eigenvalue weighted by Crippen LogP contribution is 2.21. The Hall–Kier alpha value is -1.68. The molecule has 0 aliphatic heterocycles. The number of benzene rings is 1. The molecule has 1 aromatic carbocycles. The summed E-state index contributed by atoms with van der Waals surface area (Å²) in [4.78, 5) is 17.8. The largest absolute Gasteiger partial charge is 0.496 e. The smallest absolute Gasteiger partial charge is 0.169 e. The maximum atomic E-state index is 12.2. The third kappa shape index (κ3) is 3.01. The van der Waals surface area contributed by atoms with E-state index in [1.54, 1.807) is 18.4 Å². The van der Waals surface area contributed by atoms with E-state index in [2.05, 4.69) is 4.98 Å². The van der Waals surface area contributed by atoms with Gasteiger partial charge in [-0.2, -0.15) is 0 Å². The number of thiazole rings is 1. The summed E-state index contributed by atoms with van der Waals surface area (Å²) < 4.78 is 5.20. The fraction of sp³-hybridized carbons (Fsp3) is 0.333. The molecule has 0 atom stereocenters. The van der Waals surface area contributed by atoms with Crippen molar-refractivity contribution in [3.63, 3.8) is 0 Å². The van der Waals surface area contributed by atoms with Crippen LogP contribution >= 0.6 is 11.3 Å². The molecule has 0 radical (unpaired) electrons. The second-order valence-corrected chi connectivity index (χ2v) is 5.82. The third-order valence-electron chi connectivity index (χ3n) is 3.10. The maximum absolute atomic E-state index is 12.2. The van der Waals surface area contributed by atoms with E-state index < -0.39 is 0 Å². The lowest BCUT2D eigenvalue weighted by Crippen LogP contribution is -2.04. The lowest BCUT2D eigenvalue weighted by Gasteiger charge is -2.06. The second kappa shape index (κ2) is 5.53. The van der Waals surface area contributed by atoms with E-state index in [9.17, 15) is 4.79 Å². The Morgan fingerprint density at radius 2 is 2.05 bits per heavy atom. The molecular weight excluding hydrogens is 258 g/mol. The Bertz CT molecular complexity index is 597. The average Bonchev–Trinajstić information content (AvgIpc) is 2.68. The van der Waals surface area contributed by atoms with E-state index in [1.807, 2.05) is 39.0 Å². The van der Waals surface area contributed by atoms with Crippen molar-refractivity contribution in [2.45, 2.75) is 27.2 Å². The summed E-state index contributed by atoms with van der Waals surface area (Å²) in [6, 6.07) is 5.51. The van der Waals surface area contributed by atoms with Gasteiger partial charge in [-0.3, -0.25) is 4.79 Å². The highest BCUT2D eigenvalue weighted by Gasteiger charge is 2.12. The second-order valence-electron chi connectivity index (χ2n) is 4.53. The Labute approximate surface area is 117 Å². The number of nitrogens with zero attached hydrogens (tertiary/aromatic N) is 1. The number of hydrogen-bond donors (Lipinski definition) is 0.